The number of hydrogen-bond acceptors (Lipinski definition) is 15. The maximum absolute atomic E-state index is 16.2. The van der Waals surface area contributed by atoms with Gasteiger partial charge in [0.2, 0.25) is 32.5 Å². The van der Waals surface area contributed by atoms with E-state index in [2.05, 4.69) is 13.5 Å². The van der Waals surface area contributed by atoms with Crippen LogP contribution >= 0.6 is 23.0 Å². The highest BCUT2D eigenvalue weighted by molar-refractivity contribution is 7.79. The topological polar surface area (TPSA) is 148 Å². The van der Waals surface area contributed by atoms with Gasteiger partial charge in [0.15, 0.2) is 0 Å². The van der Waals surface area contributed by atoms with Gasteiger partial charge in [-0.05, 0) is 212 Å². The summed E-state index contributed by atoms with van der Waals surface area (Å²) >= 11 is 0. The molecular weight excluding hydrogens is 2160 g/mol. The summed E-state index contributed by atoms with van der Waals surface area (Å²) in [5.74, 6) is -11.5. The van der Waals surface area contributed by atoms with Crippen LogP contribution in [0, 0.1) is 0 Å². The average Bonchev–Trinajstić information content (AvgIpc) is 0.710. The zero-order valence-corrected chi connectivity index (χ0v) is 78.6. The molecule has 12 aromatic rings. The minimum absolute atomic E-state index is 0.0456. The van der Waals surface area contributed by atoms with Gasteiger partial charge >= 0.3 is 97.1 Å². The predicted octanol–water partition coefficient (Wildman–Crippen LogP) is 32.8. The standard InChI is InChI=1S/C96H66F36N3O12P3/c1-136-67-31-7-55(8-32-67)79(85(97,98)99,86(100,101)102)61-19-43-73(44-20-61)142-148(143-74-45-21-62(22-46-74)80(87(103,104)105,88(106,107)108)56-9-33-68(137-2)34-10-56)133-149(144-75-47-23-63(24-48-75)81(89(109,110)111,90(112,113)114)57-11-35-69(138-3)36-12-57,145-76-49-25-64(26-50-76)82(91(115,116)117,92(118,119)120)58-13-37-70(139-4)38-14-58)135-150(134-148,146-77-51-27-65(28-52-77)83(93(121,122)123,94(124,125)126)59-15-39-71(140-5)40-16-59)147-78-53-29-66(30-54-78)84(95(127,128)129,96(130,131)132)60-17-41-72(141-6)42-18-60/h7-54H,1-6H3. The molecule has 0 radical (unpaired) electrons. The quantitative estimate of drug-likeness (QED) is 0.0312. The molecule has 150 heavy (non-hydrogen) atoms. The molecule has 54 heteroatoms. The molecule has 0 atom stereocenters. The van der Waals surface area contributed by atoms with Crippen LogP contribution in [0.4, 0.5) is 158 Å². The summed E-state index contributed by atoms with van der Waals surface area (Å²) in [6.07, 6.45) is -79.4. The van der Waals surface area contributed by atoms with Crippen molar-refractivity contribution in [1.29, 1.82) is 0 Å². The summed E-state index contributed by atoms with van der Waals surface area (Å²) in [7, 11) is -15.2. The lowest BCUT2D eigenvalue weighted by Gasteiger charge is -2.39. The van der Waals surface area contributed by atoms with Gasteiger partial charge in [0, 0.05) is 0 Å². The van der Waals surface area contributed by atoms with Gasteiger partial charge in [-0.25, -0.2) is 0 Å². The van der Waals surface area contributed by atoms with Crippen molar-refractivity contribution < 1.29 is 214 Å². The first-order valence-electron chi connectivity index (χ1n) is 41.9. The Bertz CT molecular complexity index is 5760. The average molecular weight is 2230 g/mol. The number of nitrogens with zero attached hydrogens (tertiary/aromatic N) is 3. The van der Waals surface area contributed by atoms with E-state index in [0.29, 0.717) is 72.8 Å². The Morgan fingerprint density at radius 3 is 0.267 bits per heavy atom. The van der Waals surface area contributed by atoms with Crippen LogP contribution in [0.1, 0.15) is 66.8 Å². The highest BCUT2D eigenvalue weighted by atomic mass is 31.3. The van der Waals surface area contributed by atoms with Gasteiger partial charge in [0.05, 0.1) is 42.7 Å². The van der Waals surface area contributed by atoms with Crippen molar-refractivity contribution in [2.45, 2.75) is 107 Å². The van der Waals surface area contributed by atoms with E-state index in [-0.39, 0.29) is 218 Å². The van der Waals surface area contributed by atoms with Crippen LogP contribution in [-0.2, 0) is 32.5 Å². The Morgan fingerprint density at radius 2 is 0.200 bits per heavy atom. The van der Waals surface area contributed by atoms with Gasteiger partial charge in [-0.3, -0.25) is 0 Å². The first-order valence-corrected chi connectivity index (χ1v) is 46.4. The molecule has 0 bridgehead atoms. The minimum Gasteiger partial charge on any atom is -0.497 e. The number of hydrogen-bond donors (Lipinski definition) is 0. The summed E-state index contributed by atoms with van der Waals surface area (Å²) in [6.45, 7) is 0. The van der Waals surface area contributed by atoms with Crippen LogP contribution < -0.4 is 55.6 Å². The monoisotopic (exact) mass is 2230 g/mol. The zero-order valence-electron chi connectivity index (χ0n) is 75.9. The molecule has 0 saturated carbocycles. The van der Waals surface area contributed by atoms with E-state index < -0.39 is 265 Å². The van der Waals surface area contributed by atoms with Gasteiger partial charge in [-0.15, -0.1) is 0 Å². The van der Waals surface area contributed by atoms with E-state index in [4.69, 9.17) is 55.6 Å². The van der Waals surface area contributed by atoms with E-state index in [9.17, 15) is 0 Å². The van der Waals surface area contributed by atoms with Crippen LogP contribution in [0.3, 0.4) is 0 Å². The lowest BCUT2D eigenvalue weighted by molar-refractivity contribution is -0.290. The zero-order chi connectivity index (χ0) is 111. The highest BCUT2D eigenvalue weighted by Gasteiger charge is 2.79. The first-order chi connectivity index (χ1) is 69.4. The van der Waals surface area contributed by atoms with E-state index in [0.717, 1.165) is 42.7 Å². The van der Waals surface area contributed by atoms with E-state index in [1.807, 2.05) is 0 Å². The van der Waals surface area contributed by atoms with Crippen LogP contribution in [0.5, 0.6) is 69.0 Å². The van der Waals surface area contributed by atoms with Gasteiger partial charge in [0.1, 0.15) is 69.0 Å². The second-order valence-electron chi connectivity index (χ2n) is 32.3. The van der Waals surface area contributed by atoms with Crippen molar-refractivity contribution in [1.82, 2.24) is 0 Å². The molecule has 0 aliphatic carbocycles. The number of ether oxygens (including phenoxy) is 6. The lowest BCUT2D eigenvalue weighted by atomic mass is 9.73. The maximum Gasteiger partial charge on any atom is 0.460 e. The van der Waals surface area contributed by atoms with Crippen molar-refractivity contribution in [3.63, 3.8) is 0 Å². The molecule has 15 nitrogen and oxygen atoms in total. The smallest absolute Gasteiger partial charge is 0.460 e. The Balaban J connectivity index is 1.23. The van der Waals surface area contributed by atoms with Crippen LogP contribution in [0.25, 0.3) is 0 Å². The molecule has 0 amide bonds. The van der Waals surface area contributed by atoms with Crippen molar-refractivity contribution >= 4 is 23.0 Å². The molecule has 1 aliphatic rings. The molecule has 804 valence electrons. The number of rotatable bonds is 30. The Hall–Kier alpha value is -13.6. The fraction of sp³-hybridized carbons (Fsp3) is 0.250. The molecule has 0 aromatic heterocycles. The third-order valence-electron chi connectivity index (χ3n) is 24.0. The summed E-state index contributed by atoms with van der Waals surface area (Å²) in [6, 6.07) is 9.32. The van der Waals surface area contributed by atoms with Gasteiger partial charge in [-0.1, -0.05) is 159 Å². The second-order valence-corrected chi connectivity index (χ2v) is 38.5. The van der Waals surface area contributed by atoms with Gasteiger partial charge in [0.25, 0.3) is 0 Å². The SMILES string of the molecule is COc1ccc(C(c2ccc(OP3(Oc4ccc(C(c5ccc(OC)cc5)(C(F)(F)F)C(F)(F)F)cc4)=NP(Oc4ccc(C(c5ccc(OC)cc5)(C(F)(F)F)C(F)(F)F)cc4)(Oc4ccc(C(c5ccc(OC)cc5)(C(F)(F)F)C(F)(F)F)cc4)=NP(Oc4ccc(C(c5ccc(OC)cc5)(C(F)(F)F)C(F)(F)F)cc4)(Oc4ccc(C(c5ccc(OC)cc5)(C(F)(F)F)C(F)(F)F)cc4)=N3)cc2)(C(F)(F)F)C(F)(F)F)cc1. The van der Waals surface area contributed by atoms with Crippen molar-refractivity contribution in [2.24, 2.45) is 13.5 Å². The van der Waals surface area contributed by atoms with Crippen LogP contribution in [0.2, 0.25) is 0 Å². The van der Waals surface area contributed by atoms with Crippen molar-refractivity contribution in [3.8, 4) is 69.0 Å². The summed E-state index contributed by atoms with van der Waals surface area (Å²) in [5.41, 5.74) is -53.9. The Morgan fingerprint density at radius 1 is 0.127 bits per heavy atom. The highest BCUT2D eigenvalue weighted by Crippen LogP contribution is 2.80. The number of benzene rings is 12. The maximum atomic E-state index is 16.2. The van der Waals surface area contributed by atoms with Gasteiger partial charge < -0.3 is 55.6 Å². The molecule has 0 unspecified atom stereocenters. The summed E-state index contributed by atoms with van der Waals surface area (Å²) < 4.78 is 663. The largest absolute Gasteiger partial charge is 0.497 e. The second kappa shape index (κ2) is 40.0. The van der Waals surface area contributed by atoms with Crippen LogP contribution in [0.15, 0.2) is 305 Å². The van der Waals surface area contributed by atoms with E-state index in [1.165, 1.54) is 0 Å². The number of halogens is 36. The third kappa shape index (κ3) is 19.9. The molecule has 12 aromatic carbocycles. The van der Waals surface area contributed by atoms with Gasteiger partial charge in [-0.2, -0.15) is 158 Å². The molecule has 0 N–H and O–H groups in total. The Kier molecular flexibility index (Phi) is 30.3. The molecule has 13 rings (SSSR count). The minimum atomic E-state index is -6.90. The third-order valence-corrected chi connectivity index (χ3v) is 32.1. The number of methoxy groups -OCH3 is 6. The van der Waals surface area contributed by atoms with E-state index >= 15 is 158 Å². The normalized spacial score (nSPS) is 14.9. The van der Waals surface area contributed by atoms with E-state index in [1.54, 1.807) is 0 Å². The van der Waals surface area contributed by atoms with Crippen molar-refractivity contribution in [3.05, 3.63) is 358 Å². The fourth-order valence-electron chi connectivity index (χ4n) is 17.1. The molecule has 0 fully saturated rings. The summed E-state index contributed by atoms with van der Waals surface area (Å²) in [4.78, 5) is 0. The molecule has 1 heterocycles. The molecular formula is C96H66F36N3O12P3. The fourth-order valence-corrected chi connectivity index (χ4v) is 26.2. The lowest BCUT2D eigenvalue weighted by Crippen LogP contribution is -2.54. The predicted molar refractivity (Wildman–Crippen MR) is 466 cm³/mol. The summed E-state index contributed by atoms with van der Waals surface area (Å²) in [5, 5.41) is 0. The number of alkyl halides is 36. The molecule has 0 spiro atoms. The molecule has 1 aliphatic heterocycles. The first kappa shape index (κ1) is 114. The Labute approximate surface area is 823 Å². The van der Waals surface area contributed by atoms with Crippen molar-refractivity contribution in [2.75, 3.05) is 42.7 Å². The van der Waals surface area contributed by atoms with Crippen LogP contribution in [-0.4, -0.2) is 117 Å². The molecule has 0 saturated heterocycles.